The second kappa shape index (κ2) is 11.9. The molecule has 0 unspecified atom stereocenters. The van der Waals surface area contributed by atoms with Gasteiger partial charge in [0.25, 0.3) is 5.01 Å². The number of thiazole rings is 1. The zero-order valence-electron chi connectivity index (χ0n) is 24.2. The summed E-state index contributed by atoms with van der Waals surface area (Å²) < 4.78 is 46.6. The third kappa shape index (κ3) is 5.66. The number of nitrogens with zero attached hydrogens (tertiary/aromatic N) is 3. The first-order valence-electron chi connectivity index (χ1n) is 14.7. The van der Waals surface area contributed by atoms with Crippen LogP contribution >= 0.6 is 22.7 Å². The molecule has 0 saturated heterocycles. The number of thiophene rings is 1. The van der Waals surface area contributed by atoms with Gasteiger partial charge in [0.15, 0.2) is 12.3 Å². The van der Waals surface area contributed by atoms with Crippen molar-refractivity contribution in [1.29, 1.82) is 0 Å². The van der Waals surface area contributed by atoms with Crippen molar-refractivity contribution in [2.45, 2.75) is 32.7 Å². The molecule has 4 heterocycles. The fourth-order valence-corrected chi connectivity index (χ4v) is 8.04. The molecule has 0 radical (unpaired) electrons. The lowest BCUT2D eigenvalue weighted by Crippen LogP contribution is -2.35. The molecule has 0 fully saturated rings. The summed E-state index contributed by atoms with van der Waals surface area (Å²) in [4.78, 5) is 3.24. The van der Waals surface area contributed by atoms with E-state index in [0.29, 0.717) is 18.2 Å². The standard InChI is InChI=1S/C34H31N3O4S3/c1-2-3-16-37-29-21-25(31-10-6-19-42-31)11-14-32(29)43-34(37)23-33-36(17-7-20-44(38,39)40)28-22-26(12-13-30(28)41-33)35-18-15-24-8-4-5-9-27(24)35/h4-6,8-15,18-19,21-23H,2-3,7,16-17,20H2,1H3. The first-order chi connectivity index (χ1) is 21.4. The van der Waals surface area contributed by atoms with Crippen molar-refractivity contribution in [3.63, 3.8) is 0 Å². The van der Waals surface area contributed by atoms with Gasteiger partial charge in [-0.25, -0.2) is 8.42 Å². The number of anilines is 1. The molecule has 0 aliphatic carbocycles. The van der Waals surface area contributed by atoms with Crippen LogP contribution in [-0.2, 0) is 16.7 Å². The van der Waals surface area contributed by atoms with Crippen LogP contribution in [-0.4, -0.2) is 29.8 Å². The summed E-state index contributed by atoms with van der Waals surface area (Å²) in [7, 11) is -4.34. The van der Waals surface area contributed by atoms with E-state index in [1.54, 1.807) is 22.7 Å². The van der Waals surface area contributed by atoms with E-state index in [9.17, 15) is 13.0 Å². The van der Waals surface area contributed by atoms with E-state index in [-0.39, 0.29) is 6.42 Å². The van der Waals surface area contributed by atoms with Gasteiger partial charge in [0.05, 0.1) is 27.4 Å². The molecular weight excluding hydrogens is 611 g/mol. The molecule has 0 atom stereocenters. The van der Waals surface area contributed by atoms with Gasteiger partial charge in [-0.3, -0.25) is 0 Å². The number of hydrogen-bond donors (Lipinski definition) is 0. The molecule has 1 aliphatic heterocycles. The molecule has 3 aromatic heterocycles. The van der Waals surface area contributed by atoms with Crippen LogP contribution in [0.15, 0.2) is 96.3 Å². The minimum atomic E-state index is -4.34. The van der Waals surface area contributed by atoms with E-state index in [1.165, 1.54) is 20.7 Å². The molecule has 7 nitrogen and oxygen atoms in total. The molecule has 44 heavy (non-hydrogen) atoms. The van der Waals surface area contributed by atoms with Crippen LogP contribution in [0.4, 0.5) is 5.69 Å². The normalized spacial score (nSPS) is 14.1. The van der Waals surface area contributed by atoms with E-state index in [1.807, 2.05) is 35.4 Å². The molecule has 0 spiro atoms. The van der Waals surface area contributed by atoms with Crippen LogP contribution in [0.25, 0.3) is 43.3 Å². The van der Waals surface area contributed by atoms with Crippen molar-refractivity contribution in [1.82, 2.24) is 4.57 Å². The van der Waals surface area contributed by atoms with Crippen LogP contribution in [0.2, 0.25) is 0 Å². The smallest absolute Gasteiger partial charge is 0.268 e. The summed E-state index contributed by atoms with van der Waals surface area (Å²) in [5, 5.41) is 4.30. The van der Waals surface area contributed by atoms with E-state index in [4.69, 9.17) is 4.74 Å². The molecule has 3 aromatic carbocycles. The Kier molecular flexibility index (Phi) is 7.75. The summed E-state index contributed by atoms with van der Waals surface area (Å²) >= 11 is 3.44. The monoisotopic (exact) mass is 641 g/mol. The lowest BCUT2D eigenvalue weighted by atomic mass is 10.2. The van der Waals surface area contributed by atoms with Crippen LogP contribution in [0, 0.1) is 0 Å². The van der Waals surface area contributed by atoms with Gasteiger partial charge in [0.1, 0.15) is 4.70 Å². The van der Waals surface area contributed by atoms with E-state index >= 15 is 0 Å². The van der Waals surface area contributed by atoms with Gasteiger partial charge in [0.2, 0.25) is 11.4 Å². The molecule has 6 aromatic rings. The first-order valence-corrected chi connectivity index (χ1v) is 18.0. The topological polar surface area (TPSA) is 78.5 Å². The second-order valence-corrected chi connectivity index (χ2v) is 14.4. The fraction of sp³-hybridized carbons (Fsp3) is 0.206. The molecule has 7 rings (SSSR count). The Bertz CT molecular complexity index is 2110. The SMILES string of the molecule is CCCC[n+]1c(/C=C2\Oc3ccc(-n4ccc5ccccc54)cc3N2CCCS(=O)(=O)[O-])sc2ccc(-c3cccs3)cc21. The minimum Gasteiger partial charge on any atom is -0.748 e. The Balaban J connectivity index is 1.30. The van der Waals surface area contributed by atoms with Gasteiger partial charge in [-0.1, -0.05) is 55.0 Å². The molecule has 0 amide bonds. The Labute approximate surface area is 264 Å². The van der Waals surface area contributed by atoms with Gasteiger partial charge in [-0.05, 0) is 65.2 Å². The van der Waals surface area contributed by atoms with E-state index < -0.39 is 15.9 Å². The Hall–Kier alpha value is -3.96. The highest BCUT2D eigenvalue weighted by molar-refractivity contribution is 7.85. The number of fused-ring (bicyclic) bond motifs is 3. The highest BCUT2D eigenvalue weighted by Gasteiger charge is 2.30. The zero-order valence-corrected chi connectivity index (χ0v) is 26.6. The van der Waals surface area contributed by atoms with Crippen molar-refractivity contribution < 1.29 is 22.3 Å². The zero-order chi connectivity index (χ0) is 30.3. The number of rotatable bonds is 10. The van der Waals surface area contributed by atoms with Crippen LogP contribution in [0.3, 0.4) is 0 Å². The summed E-state index contributed by atoms with van der Waals surface area (Å²) in [6, 6.07) is 27.2. The average Bonchev–Trinajstić information content (AvgIpc) is 3.81. The van der Waals surface area contributed by atoms with Crippen molar-refractivity contribution >= 4 is 65.7 Å². The second-order valence-electron chi connectivity index (χ2n) is 10.9. The van der Waals surface area contributed by atoms with E-state index in [2.05, 4.69) is 82.1 Å². The van der Waals surface area contributed by atoms with E-state index in [0.717, 1.165) is 46.7 Å². The Morgan fingerprint density at radius 1 is 1.00 bits per heavy atom. The third-order valence-corrected chi connectivity index (χ3v) is 10.7. The Morgan fingerprint density at radius 3 is 2.70 bits per heavy atom. The highest BCUT2D eigenvalue weighted by atomic mass is 32.2. The number of ether oxygens (including phenoxy) is 1. The maximum absolute atomic E-state index is 11.5. The lowest BCUT2D eigenvalue weighted by Gasteiger charge is -2.19. The van der Waals surface area contributed by atoms with Crippen LogP contribution in [0.5, 0.6) is 5.75 Å². The molecule has 0 bridgehead atoms. The number of unbranched alkanes of at least 4 members (excludes halogenated alkanes) is 1. The lowest BCUT2D eigenvalue weighted by molar-refractivity contribution is -0.669. The number of aryl methyl sites for hydroxylation is 1. The molecular formula is C34H31N3O4S3. The summed E-state index contributed by atoms with van der Waals surface area (Å²) in [5.74, 6) is 0.884. The van der Waals surface area contributed by atoms with Gasteiger partial charge in [-0.2, -0.15) is 4.57 Å². The third-order valence-electron chi connectivity index (χ3n) is 7.89. The van der Waals surface area contributed by atoms with Crippen LogP contribution in [0.1, 0.15) is 31.2 Å². The maximum Gasteiger partial charge on any atom is 0.268 e. The number of para-hydroxylation sites is 1. The van der Waals surface area contributed by atoms with Gasteiger partial charge in [-0.15, -0.1) is 11.3 Å². The van der Waals surface area contributed by atoms with Gasteiger partial charge < -0.3 is 18.8 Å². The van der Waals surface area contributed by atoms with Crippen molar-refractivity contribution in [2.24, 2.45) is 0 Å². The van der Waals surface area contributed by atoms with Gasteiger partial charge in [0, 0.05) is 41.5 Å². The molecule has 1 aliphatic rings. The average molecular weight is 642 g/mol. The summed E-state index contributed by atoms with van der Waals surface area (Å²) in [6.45, 7) is 3.40. The number of aromatic nitrogens is 2. The number of hydrogen-bond acceptors (Lipinski definition) is 7. The largest absolute Gasteiger partial charge is 0.748 e. The Morgan fingerprint density at radius 2 is 1.89 bits per heavy atom. The highest BCUT2D eigenvalue weighted by Crippen LogP contribution is 2.42. The summed E-state index contributed by atoms with van der Waals surface area (Å²) in [6.07, 6.45) is 6.40. The number of benzene rings is 3. The van der Waals surface area contributed by atoms with Crippen LogP contribution < -0.4 is 14.2 Å². The predicted molar refractivity (Wildman–Crippen MR) is 179 cm³/mol. The predicted octanol–water partition coefficient (Wildman–Crippen LogP) is 7.79. The molecule has 0 saturated carbocycles. The minimum absolute atomic E-state index is 0.190. The van der Waals surface area contributed by atoms with Crippen molar-refractivity contribution in [3.05, 3.63) is 101 Å². The maximum atomic E-state index is 11.5. The van der Waals surface area contributed by atoms with Crippen molar-refractivity contribution in [2.75, 3.05) is 17.2 Å². The molecule has 0 N–H and O–H groups in total. The fourth-order valence-electron chi connectivity index (χ4n) is 5.74. The molecule has 10 heteroatoms. The first kappa shape index (κ1) is 28.8. The quantitative estimate of drug-likeness (QED) is 0.113. The van der Waals surface area contributed by atoms with Gasteiger partial charge >= 0.3 is 0 Å². The van der Waals surface area contributed by atoms with Crippen molar-refractivity contribution in [3.8, 4) is 21.9 Å². The molecule has 224 valence electrons. The summed E-state index contributed by atoms with van der Waals surface area (Å²) in [5.41, 5.74) is 5.29.